The second-order valence-corrected chi connectivity index (χ2v) is 8.33. The zero-order chi connectivity index (χ0) is 22.9. The molecule has 2 aliphatic heterocycles. The Balaban J connectivity index is 1.42. The Hall–Kier alpha value is -2.43. The van der Waals surface area contributed by atoms with E-state index in [0.29, 0.717) is 56.7 Å². The Bertz CT molecular complexity index is 954. The van der Waals surface area contributed by atoms with Gasteiger partial charge in [0.05, 0.1) is 17.8 Å². The fourth-order valence-electron chi connectivity index (χ4n) is 4.72. The van der Waals surface area contributed by atoms with Crippen LogP contribution in [0.1, 0.15) is 53.1 Å². The summed E-state index contributed by atoms with van der Waals surface area (Å²) in [6, 6.07) is 5.74. The van der Waals surface area contributed by atoms with Crippen LogP contribution in [-0.2, 0) is 28.7 Å². The first-order valence-electron chi connectivity index (χ1n) is 10.7. The van der Waals surface area contributed by atoms with Gasteiger partial charge in [-0.25, -0.2) is 0 Å². The lowest BCUT2D eigenvalue weighted by Gasteiger charge is -2.36. The van der Waals surface area contributed by atoms with Crippen LogP contribution in [0.5, 0.6) is 0 Å². The average molecular weight is 452 g/mol. The number of halogens is 3. The average Bonchev–Trinajstić information content (AvgIpc) is 3.21. The number of H-pyrrole nitrogens is 1. The third-order valence-corrected chi connectivity index (χ3v) is 6.41. The number of carbonyl (C=O) groups excluding carboxylic acids is 1. The number of nitrogens with zero attached hydrogens (tertiary/aromatic N) is 3. The Morgan fingerprint density at radius 3 is 2.69 bits per heavy atom. The molecule has 174 valence electrons. The zero-order valence-electron chi connectivity index (χ0n) is 17.9. The molecule has 1 fully saturated rings. The summed E-state index contributed by atoms with van der Waals surface area (Å²) < 4.78 is 45.1. The Morgan fingerprint density at radius 1 is 1.28 bits per heavy atom. The van der Waals surface area contributed by atoms with Crippen molar-refractivity contribution in [3.8, 4) is 0 Å². The molecular weight excluding hydrogens is 425 g/mol. The van der Waals surface area contributed by atoms with Crippen LogP contribution in [-0.4, -0.2) is 64.4 Å². The number of hydrogen-bond donors (Lipinski definition) is 2. The third-order valence-electron chi connectivity index (χ3n) is 6.41. The smallest absolute Gasteiger partial charge is 0.375 e. The van der Waals surface area contributed by atoms with E-state index in [4.69, 9.17) is 4.74 Å². The van der Waals surface area contributed by atoms with Gasteiger partial charge in [0.1, 0.15) is 12.3 Å². The highest BCUT2D eigenvalue weighted by Crippen LogP contribution is 2.39. The molecule has 2 aliphatic rings. The summed E-state index contributed by atoms with van der Waals surface area (Å²) in [5, 5.41) is 18.2. The van der Waals surface area contributed by atoms with Crippen molar-refractivity contribution in [2.45, 2.75) is 44.1 Å². The maximum absolute atomic E-state index is 13.4. The number of fused-ring (bicyclic) bond motifs is 1. The molecule has 32 heavy (non-hydrogen) atoms. The summed E-state index contributed by atoms with van der Waals surface area (Å²) in [6.07, 6.45) is -3.69. The van der Waals surface area contributed by atoms with Crippen LogP contribution in [0.3, 0.4) is 0 Å². The predicted molar refractivity (Wildman–Crippen MR) is 110 cm³/mol. The van der Waals surface area contributed by atoms with Crippen molar-refractivity contribution in [1.29, 1.82) is 0 Å². The van der Waals surface area contributed by atoms with Crippen molar-refractivity contribution in [2.24, 2.45) is 0 Å². The highest BCUT2D eigenvalue weighted by atomic mass is 19.4. The van der Waals surface area contributed by atoms with Crippen molar-refractivity contribution >= 4 is 5.91 Å². The molecule has 0 spiro atoms. The number of ether oxygens (including phenoxy) is 1. The van der Waals surface area contributed by atoms with Gasteiger partial charge in [0.25, 0.3) is 0 Å². The minimum Gasteiger partial charge on any atom is -0.375 e. The normalized spacial score (nSPS) is 19.1. The number of alkyl halides is 3. The molecule has 2 N–H and O–H groups in total. The standard InChI is InChI=1S/C22H27F3N4O3/c1-32-13-19(30)29-11-8-16-18(12-29)26-27-20(16)21(31)28-9-6-14(7-10-28)15-4-2-3-5-17(15)22(23,24)25/h2-5,14,21,31H,6-13H2,1H3,(H,26,27). The van der Waals surface area contributed by atoms with E-state index in [2.05, 4.69) is 10.2 Å². The number of benzene rings is 1. The van der Waals surface area contributed by atoms with Gasteiger partial charge in [-0.05, 0) is 36.8 Å². The molecule has 1 aromatic heterocycles. The Kier molecular flexibility index (Phi) is 6.55. The fourth-order valence-corrected chi connectivity index (χ4v) is 4.72. The molecule has 1 saturated heterocycles. The van der Waals surface area contributed by atoms with Crippen molar-refractivity contribution in [1.82, 2.24) is 20.0 Å². The molecule has 0 aliphatic carbocycles. The van der Waals surface area contributed by atoms with E-state index in [0.717, 1.165) is 17.3 Å². The van der Waals surface area contributed by atoms with E-state index < -0.39 is 18.0 Å². The first-order chi connectivity index (χ1) is 15.3. The number of methoxy groups -OCH3 is 1. The number of likely N-dealkylation sites (tertiary alicyclic amines) is 1. The van der Waals surface area contributed by atoms with Crippen LogP contribution >= 0.6 is 0 Å². The molecule has 1 aromatic carbocycles. The van der Waals surface area contributed by atoms with Crippen LogP contribution < -0.4 is 0 Å². The van der Waals surface area contributed by atoms with Gasteiger partial charge in [0.2, 0.25) is 5.91 Å². The lowest BCUT2D eigenvalue weighted by atomic mass is 9.86. The summed E-state index contributed by atoms with van der Waals surface area (Å²) >= 11 is 0. The first kappa shape index (κ1) is 22.8. The molecule has 3 heterocycles. The number of aromatic amines is 1. The lowest BCUT2D eigenvalue weighted by molar-refractivity contribution is -0.138. The molecule has 1 amide bonds. The van der Waals surface area contributed by atoms with E-state index in [1.54, 1.807) is 17.0 Å². The van der Waals surface area contributed by atoms with Gasteiger partial charge in [-0.3, -0.25) is 14.8 Å². The molecule has 7 nitrogen and oxygen atoms in total. The monoisotopic (exact) mass is 452 g/mol. The summed E-state index contributed by atoms with van der Waals surface area (Å²) in [4.78, 5) is 15.6. The second-order valence-electron chi connectivity index (χ2n) is 8.33. The number of hydrogen-bond acceptors (Lipinski definition) is 5. The zero-order valence-corrected chi connectivity index (χ0v) is 17.9. The number of aliphatic hydroxyl groups is 1. The van der Waals surface area contributed by atoms with Crippen LogP contribution in [0.2, 0.25) is 0 Å². The van der Waals surface area contributed by atoms with Gasteiger partial charge >= 0.3 is 6.18 Å². The molecule has 0 radical (unpaired) electrons. The maximum atomic E-state index is 13.4. The number of aromatic nitrogens is 2. The van der Waals surface area contributed by atoms with Crippen molar-refractivity contribution < 1.29 is 27.8 Å². The Labute approximate surface area is 184 Å². The summed E-state index contributed by atoms with van der Waals surface area (Å²) in [6.45, 7) is 1.86. The molecule has 10 heteroatoms. The van der Waals surface area contributed by atoms with Gasteiger partial charge in [-0.1, -0.05) is 18.2 Å². The first-order valence-corrected chi connectivity index (χ1v) is 10.7. The largest absolute Gasteiger partial charge is 0.416 e. The van der Waals surface area contributed by atoms with Crippen molar-refractivity contribution in [3.63, 3.8) is 0 Å². The van der Waals surface area contributed by atoms with Gasteiger partial charge in [0, 0.05) is 32.3 Å². The van der Waals surface area contributed by atoms with Crippen LogP contribution in [0.4, 0.5) is 13.2 Å². The number of amides is 1. The quantitative estimate of drug-likeness (QED) is 0.729. The number of carbonyl (C=O) groups is 1. The number of nitrogens with one attached hydrogen (secondary N) is 1. The van der Waals surface area contributed by atoms with Crippen molar-refractivity contribution in [3.05, 3.63) is 52.3 Å². The summed E-state index contributed by atoms with van der Waals surface area (Å²) in [5.74, 6) is -0.305. The van der Waals surface area contributed by atoms with E-state index >= 15 is 0 Å². The molecule has 0 bridgehead atoms. The summed E-state index contributed by atoms with van der Waals surface area (Å²) in [7, 11) is 1.48. The highest BCUT2D eigenvalue weighted by molar-refractivity contribution is 5.77. The topological polar surface area (TPSA) is 81.7 Å². The van der Waals surface area contributed by atoms with E-state index in [-0.39, 0.29) is 18.4 Å². The van der Waals surface area contributed by atoms with E-state index in [1.165, 1.54) is 13.2 Å². The lowest BCUT2D eigenvalue weighted by Crippen LogP contribution is -2.39. The molecule has 1 unspecified atom stereocenters. The van der Waals surface area contributed by atoms with Crippen LogP contribution in [0.25, 0.3) is 0 Å². The van der Waals surface area contributed by atoms with E-state index in [1.807, 2.05) is 4.90 Å². The maximum Gasteiger partial charge on any atom is 0.416 e. The van der Waals surface area contributed by atoms with E-state index in [9.17, 15) is 23.1 Å². The molecule has 0 saturated carbocycles. The van der Waals surface area contributed by atoms with Crippen LogP contribution in [0.15, 0.2) is 24.3 Å². The second kappa shape index (κ2) is 9.21. The highest BCUT2D eigenvalue weighted by Gasteiger charge is 2.37. The van der Waals surface area contributed by atoms with Gasteiger partial charge < -0.3 is 14.7 Å². The van der Waals surface area contributed by atoms with Gasteiger partial charge in [-0.15, -0.1) is 0 Å². The number of rotatable bonds is 5. The summed E-state index contributed by atoms with van der Waals surface area (Å²) in [5.41, 5.74) is 1.99. The Morgan fingerprint density at radius 2 is 2.00 bits per heavy atom. The third kappa shape index (κ3) is 4.53. The van der Waals surface area contributed by atoms with Gasteiger partial charge in [0.15, 0.2) is 6.23 Å². The van der Waals surface area contributed by atoms with Gasteiger partial charge in [-0.2, -0.15) is 18.3 Å². The number of aliphatic hydroxyl groups excluding tert-OH is 1. The molecule has 1 atom stereocenters. The van der Waals surface area contributed by atoms with Crippen LogP contribution in [0, 0.1) is 0 Å². The predicted octanol–water partition coefficient (Wildman–Crippen LogP) is 2.83. The molecule has 4 rings (SSSR count). The number of piperidine rings is 1. The minimum atomic E-state index is -4.38. The minimum absolute atomic E-state index is 0.0192. The fraction of sp³-hybridized carbons (Fsp3) is 0.545. The molecule has 2 aromatic rings. The molecular formula is C22H27F3N4O3. The van der Waals surface area contributed by atoms with Crippen molar-refractivity contribution in [2.75, 3.05) is 33.4 Å². The SMILES string of the molecule is COCC(=O)N1CCc2c(C(O)N3CCC(c4ccccc4C(F)(F)F)CC3)n[nH]c2C1.